The molecule has 0 spiro atoms. The van der Waals surface area contributed by atoms with Crippen LogP contribution in [0.1, 0.15) is 24.3 Å². The monoisotopic (exact) mass is 277 g/mol. The van der Waals surface area contributed by atoms with Crippen molar-refractivity contribution < 1.29 is 4.42 Å². The number of oxazole rings is 1. The molecule has 0 saturated carbocycles. The van der Waals surface area contributed by atoms with E-state index in [-0.39, 0.29) is 0 Å². The molecule has 0 saturated heterocycles. The fourth-order valence-electron chi connectivity index (χ4n) is 2.28. The molecule has 3 heterocycles. The maximum atomic E-state index is 5.51. The Morgan fingerprint density at radius 2 is 2.26 bits per heavy atom. The molecule has 3 rings (SSSR count). The van der Waals surface area contributed by atoms with Gasteiger partial charge in [0.2, 0.25) is 5.89 Å². The molecule has 7 heteroatoms. The molecule has 0 amide bonds. The summed E-state index contributed by atoms with van der Waals surface area (Å²) >= 11 is 5.38. The maximum Gasteiger partial charge on any atom is 0.214 e. The molecule has 0 atom stereocenters. The largest absolute Gasteiger partial charge is 0.444 e. The minimum atomic E-state index is 0.509. The van der Waals surface area contributed by atoms with Crippen molar-refractivity contribution in [3.8, 4) is 0 Å². The minimum Gasteiger partial charge on any atom is -0.444 e. The molecule has 0 aliphatic rings. The summed E-state index contributed by atoms with van der Waals surface area (Å²) in [5.74, 6) is 1.45. The van der Waals surface area contributed by atoms with Crippen LogP contribution in [0.3, 0.4) is 0 Å². The number of nitrogens with zero attached hydrogens (tertiary/aromatic N) is 4. The fraction of sp³-hybridized carbons (Fsp3) is 0.417. The summed E-state index contributed by atoms with van der Waals surface area (Å²) in [5.41, 5.74) is 2.99. The third kappa shape index (κ3) is 1.90. The van der Waals surface area contributed by atoms with E-state index in [0.717, 1.165) is 29.0 Å². The molecule has 0 unspecified atom stereocenters. The van der Waals surface area contributed by atoms with Crippen LogP contribution in [0, 0.1) is 11.7 Å². The molecule has 0 radical (unpaired) electrons. The van der Waals surface area contributed by atoms with E-state index in [1.807, 2.05) is 23.2 Å². The number of hydrogen-bond acceptors (Lipinski definition) is 4. The number of aromatic nitrogens is 5. The molecule has 0 fully saturated rings. The highest BCUT2D eigenvalue weighted by Crippen LogP contribution is 2.19. The van der Waals surface area contributed by atoms with E-state index in [0.29, 0.717) is 17.2 Å². The van der Waals surface area contributed by atoms with E-state index in [1.54, 1.807) is 6.20 Å². The minimum absolute atomic E-state index is 0.509. The van der Waals surface area contributed by atoms with Crippen LogP contribution < -0.4 is 0 Å². The van der Waals surface area contributed by atoms with E-state index in [9.17, 15) is 0 Å². The van der Waals surface area contributed by atoms with Crippen LogP contribution in [-0.4, -0.2) is 24.3 Å². The maximum absolute atomic E-state index is 5.51. The summed E-state index contributed by atoms with van der Waals surface area (Å²) in [7, 11) is 1.92. The van der Waals surface area contributed by atoms with Crippen LogP contribution in [-0.2, 0) is 20.0 Å². The molecule has 3 aromatic heterocycles. The molecule has 0 aliphatic heterocycles. The van der Waals surface area contributed by atoms with E-state index in [4.69, 9.17) is 16.6 Å². The van der Waals surface area contributed by atoms with E-state index < -0.39 is 0 Å². The van der Waals surface area contributed by atoms with Crippen molar-refractivity contribution in [2.24, 2.45) is 7.05 Å². The lowest BCUT2D eigenvalue weighted by Crippen LogP contribution is -2.04. The third-order valence-corrected chi connectivity index (χ3v) is 3.44. The van der Waals surface area contributed by atoms with Crippen molar-refractivity contribution in [1.29, 1.82) is 0 Å². The van der Waals surface area contributed by atoms with Gasteiger partial charge in [0.15, 0.2) is 10.4 Å². The van der Waals surface area contributed by atoms with Gasteiger partial charge in [-0.15, -0.1) is 0 Å². The molecule has 0 aromatic carbocycles. The predicted molar refractivity (Wildman–Crippen MR) is 73.6 cm³/mol. The average molecular weight is 277 g/mol. The number of aryl methyl sites for hydroxylation is 3. The van der Waals surface area contributed by atoms with Crippen LogP contribution in [0.5, 0.6) is 0 Å². The highest BCUT2D eigenvalue weighted by molar-refractivity contribution is 7.71. The second-order valence-corrected chi connectivity index (χ2v) is 4.89. The molecule has 100 valence electrons. The van der Waals surface area contributed by atoms with Gasteiger partial charge in [0.1, 0.15) is 17.8 Å². The Bertz CT molecular complexity index is 791. The summed E-state index contributed by atoms with van der Waals surface area (Å²) in [6, 6.07) is 0. The van der Waals surface area contributed by atoms with Gasteiger partial charge < -0.3 is 9.40 Å². The highest BCUT2D eigenvalue weighted by Gasteiger charge is 2.15. The van der Waals surface area contributed by atoms with Crippen molar-refractivity contribution in [3.63, 3.8) is 0 Å². The van der Waals surface area contributed by atoms with Gasteiger partial charge in [0, 0.05) is 7.05 Å². The lowest BCUT2D eigenvalue weighted by molar-refractivity contribution is 0.457. The zero-order valence-corrected chi connectivity index (χ0v) is 11.9. The lowest BCUT2D eigenvalue weighted by atomic mass is 10.3. The molecule has 6 nitrogen and oxygen atoms in total. The Morgan fingerprint density at radius 1 is 1.47 bits per heavy atom. The molecule has 0 aliphatic carbocycles. The first-order chi connectivity index (χ1) is 9.10. The van der Waals surface area contributed by atoms with Crippen LogP contribution in [0.4, 0.5) is 0 Å². The summed E-state index contributed by atoms with van der Waals surface area (Å²) in [6.07, 6.45) is 2.58. The van der Waals surface area contributed by atoms with Gasteiger partial charge in [-0.1, -0.05) is 6.92 Å². The normalized spacial score (nSPS) is 11.5. The zero-order valence-electron chi connectivity index (χ0n) is 11.1. The molecule has 19 heavy (non-hydrogen) atoms. The van der Waals surface area contributed by atoms with Crippen molar-refractivity contribution in [2.45, 2.75) is 26.8 Å². The van der Waals surface area contributed by atoms with Gasteiger partial charge in [-0.05, 0) is 25.6 Å². The lowest BCUT2D eigenvalue weighted by Gasteiger charge is -2.01. The number of nitrogens with one attached hydrogen (secondary N) is 1. The first-order valence-corrected chi connectivity index (χ1v) is 6.56. The number of imidazole rings is 1. The number of H-pyrrole nitrogens is 1. The Labute approximate surface area is 115 Å². The predicted octanol–water partition coefficient (Wildman–Crippen LogP) is 2.34. The Hall–Kier alpha value is -1.89. The van der Waals surface area contributed by atoms with E-state index >= 15 is 0 Å². The van der Waals surface area contributed by atoms with E-state index in [1.165, 1.54) is 0 Å². The molecule has 0 bridgehead atoms. The van der Waals surface area contributed by atoms with Gasteiger partial charge in [-0.3, -0.25) is 9.25 Å². The molecular formula is C12H15N5OS. The van der Waals surface area contributed by atoms with Crippen molar-refractivity contribution >= 4 is 23.4 Å². The quantitative estimate of drug-likeness (QED) is 0.746. The molecule has 3 aromatic rings. The van der Waals surface area contributed by atoms with Gasteiger partial charge >= 0.3 is 0 Å². The second kappa shape index (κ2) is 4.34. The first kappa shape index (κ1) is 12.2. The van der Waals surface area contributed by atoms with Gasteiger partial charge in [-0.2, -0.15) is 5.10 Å². The topological polar surface area (TPSA) is 64.6 Å². The number of fused-ring (bicyclic) bond motifs is 1. The third-order valence-electron chi connectivity index (χ3n) is 3.12. The zero-order chi connectivity index (χ0) is 13.6. The fourth-order valence-corrected chi connectivity index (χ4v) is 2.53. The second-order valence-electron chi connectivity index (χ2n) is 4.50. The van der Waals surface area contributed by atoms with E-state index in [2.05, 4.69) is 22.0 Å². The van der Waals surface area contributed by atoms with Crippen molar-refractivity contribution in [3.05, 3.63) is 28.3 Å². The standard InChI is InChI=1S/C12H15N5OS/c1-4-8-10-11(16(3)15-8)17(12(19)14-10)6-9-13-5-7(2)18-9/h5H,4,6H2,1-3H3,(H,14,19). The van der Waals surface area contributed by atoms with Crippen molar-refractivity contribution in [2.75, 3.05) is 0 Å². The van der Waals surface area contributed by atoms with Crippen LogP contribution in [0.15, 0.2) is 10.6 Å². The van der Waals surface area contributed by atoms with Crippen molar-refractivity contribution in [1.82, 2.24) is 24.3 Å². The van der Waals surface area contributed by atoms with Gasteiger partial charge in [0.05, 0.1) is 11.9 Å². The first-order valence-electron chi connectivity index (χ1n) is 6.15. The van der Waals surface area contributed by atoms with Crippen LogP contribution >= 0.6 is 12.2 Å². The highest BCUT2D eigenvalue weighted by atomic mass is 32.1. The molecule has 1 N–H and O–H groups in total. The number of aromatic amines is 1. The number of hydrogen-bond donors (Lipinski definition) is 1. The summed E-state index contributed by atoms with van der Waals surface area (Å²) in [6.45, 7) is 4.46. The summed E-state index contributed by atoms with van der Waals surface area (Å²) in [4.78, 5) is 7.44. The van der Waals surface area contributed by atoms with Gasteiger partial charge in [0.25, 0.3) is 0 Å². The number of rotatable bonds is 3. The Balaban J connectivity index is 2.15. The van der Waals surface area contributed by atoms with Crippen LogP contribution in [0.25, 0.3) is 11.2 Å². The smallest absolute Gasteiger partial charge is 0.214 e. The Morgan fingerprint density at radius 3 is 2.89 bits per heavy atom. The Kier molecular flexibility index (Phi) is 2.78. The van der Waals surface area contributed by atoms with Gasteiger partial charge in [-0.25, -0.2) is 4.98 Å². The average Bonchev–Trinajstić information content (AvgIpc) is 3.00. The molecular weight excluding hydrogens is 262 g/mol. The summed E-state index contributed by atoms with van der Waals surface area (Å²) < 4.78 is 9.98. The SMILES string of the molecule is CCc1nn(C)c2c1[nH]c(=S)n2Cc1ncc(C)o1. The van der Waals surface area contributed by atoms with Crippen LogP contribution in [0.2, 0.25) is 0 Å². The summed E-state index contributed by atoms with van der Waals surface area (Å²) in [5, 5.41) is 4.48.